The lowest BCUT2D eigenvalue weighted by Crippen LogP contribution is -2.26. The van der Waals surface area contributed by atoms with Gasteiger partial charge < -0.3 is 4.42 Å². The van der Waals surface area contributed by atoms with E-state index in [1.165, 1.54) is 44.5 Å². The minimum Gasteiger partial charge on any atom is -0.455 e. The molecule has 0 N–H and O–H groups in total. The molecule has 0 aliphatic heterocycles. The van der Waals surface area contributed by atoms with Gasteiger partial charge in [0.1, 0.15) is 11.2 Å². The van der Waals surface area contributed by atoms with Gasteiger partial charge >= 0.3 is 0 Å². The molecule has 260 valence electrons. The Hall–Kier alpha value is -7.43. The molecule has 4 nitrogen and oxygen atoms in total. The second kappa shape index (κ2) is 11.8. The first-order valence-electron chi connectivity index (χ1n) is 19.0. The average Bonchev–Trinajstić information content (AvgIpc) is 3.91. The predicted molar refractivity (Wildman–Crippen MR) is 225 cm³/mol. The standard InChI is InChI=1S/C52H31N3O/c1-2-16-32(17-3-1)33-18-4-5-23-40(33)49-53-50(55-51(54-49)42-27-15-25-39-37-22-9-13-31-46(37)56-48(39)42)41-26-14-24-38-36-21-8-12-30-45(36)52(47(38)41)43-28-10-6-19-34(43)35-20-7-11-29-44(35)52/h1-31H. The van der Waals surface area contributed by atoms with E-state index in [2.05, 4.69) is 164 Å². The molecular weight excluding hydrogens is 683 g/mol. The van der Waals surface area contributed by atoms with Gasteiger partial charge in [-0.2, -0.15) is 0 Å². The van der Waals surface area contributed by atoms with Crippen LogP contribution < -0.4 is 0 Å². The van der Waals surface area contributed by atoms with Crippen LogP contribution in [0.25, 0.3) is 89.5 Å². The summed E-state index contributed by atoms with van der Waals surface area (Å²) >= 11 is 0. The van der Waals surface area contributed by atoms with Crippen LogP contribution >= 0.6 is 0 Å². The van der Waals surface area contributed by atoms with E-state index in [1.54, 1.807) is 0 Å². The van der Waals surface area contributed by atoms with Crippen LogP contribution in [0.15, 0.2) is 192 Å². The van der Waals surface area contributed by atoms with Crippen molar-refractivity contribution in [1.29, 1.82) is 0 Å². The van der Waals surface area contributed by atoms with Gasteiger partial charge in [-0.1, -0.05) is 176 Å². The molecule has 2 aliphatic rings. The SMILES string of the molecule is c1ccc(-c2ccccc2-c2nc(-c3cccc4c3C3(c5ccccc5-c5ccccc53)c3ccccc3-4)nc(-c3cccc4c3oc3ccccc34)n2)cc1. The van der Waals surface area contributed by atoms with E-state index in [0.29, 0.717) is 17.5 Å². The lowest BCUT2D eigenvalue weighted by Gasteiger charge is -2.31. The van der Waals surface area contributed by atoms with Crippen molar-refractivity contribution in [3.8, 4) is 67.5 Å². The Morgan fingerprint density at radius 1 is 0.321 bits per heavy atom. The molecule has 0 saturated carbocycles. The van der Waals surface area contributed by atoms with Gasteiger partial charge in [0.25, 0.3) is 0 Å². The normalized spacial score (nSPS) is 13.1. The number of nitrogens with zero attached hydrogens (tertiary/aromatic N) is 3. The second-order valence-electron chi connectivity index (χ2n) is 14.6. The Labute approximate surface area is 323 Å². The average molecular weight is 714 g/mol. The summed E-state index contributed by atoms with van der Waals surface area (Å²) in [6, 6.07) is 66.5. The zero-order valence-electron chi connectivity index (χ0n) is 30.1. The monoisotopic (exact) mass is 713 g/mol. The first kappa shape index (κ1) is 31.0. The van der Waals surface area contributed by atoms with E-state index < -0.39 is 5.41 Å². The molecule has 2 heterocycles. The Kier molecular flexibility index (Phi) is 6.52. The van der Waals surface area contributed by atoms with Crippen molar-refractivity contribution >= 4 is 21.9 Å². The zero-order valence-corrected chi connectivity index (χ0v) is 30.1. The van der Waals surface area contributed by atoms with Crippen LogP contribution in [-0.2, 0) is 5.41 Å². The summed E-state index contributed by atoms with van der Waals surface area (Å²) in [5, 5.41) is 2.09. The smallest absolute Gasteiger partial charge is 0.167 e. The van der Waals surface area contributed by atoms with E-state index in [1.807, 2.05) is 24.3 Å². The number of para-hydroxylation sites is 2. The van der Waals surface area contributed by atoms with Crippen LogP contribution in [0.5, 0.6) is 0 Å². The van der Waals surface area contributed by atoms with Crippen LogP contribution in [0.1, 0.15) is 22.3 Å². The molecule has 2 aromatic heterocycles. The van der Waals surface area contributed by atoms with Crippen LogP contribution in [0, 0.1) is 0 Å². The van der Waals surface area contributed by atoms with E-state index in [-0.39, 0.29) is 0 Å². The fourth-order valence-electron chi connectivity index (χ4n) is 9.55. The van der Waals surface area contributed by atoms with Crippen molar-refractivity contribution in [3.63, 3.8) is 0 Å². The van der Waals surface area contributed by atoms with Gasteiger partial charge in [-0.15, -0.1) is 0 Å². The first-order valence-corrected chi connectivity index (χ1v) is 19.0. The molecule has 0 amide bonds. The quantitative estimate of drug-likeness (QED) is 0.182. The number of furan rings is 1. The van der Waals surface area contributed by atoms with Gasteiger partial charge in [-0.25, -0.2) is 15.0 Å². The summed E-state index contributed by atoms with van der Waals surface area (Å²) in [6.07, 6.45) is 0. The maximum atomic E-state index is 6.59. The molecule has 2 aliphatic carbocycles. The highest BCUT2D eigenvalue weighted by atomic mass is 16.3. The van der Waals surface area contributed by atoms with Gasteiger partial charge in [-0.3, -0.25) is 0 Å². The van der Waals surface area contributed by atoms with E-state index in [0.717, 1.165) is 49.8 Å². The summed E-state index contributed by atoms with van der Waals surface area (Å²) in [6.45, 7) is 0. The van der Waals surface area contributed by atoms with Gasteiger partial charge in [-0.05, 0) is 67.8 Å². The van der Waals surface area contributed by atoms with Crippen molar-refractivity contribution in [2.24, 2.45) is 0 Å². The fraction of sp³-hybridized carbons (Fsp3) is 0.0192. The summed E-state index contributed by atoms with van der Waals surface area (Å²) in [5.41, 5.74) is 15.9. The first-order chi connectivity index (χ1) is 27.8. The molecule has 56 heavy (non-hydrogen) atoms. The molecule has 0 saturated heterocycles. The Bertz CT molecular complexity index is 3150. The van der Waals surface area contributed by atoms with Crippen molar-refractivity contribution in [1.82, 2.24) is 15.0 Å². The molecule has 10 aromatic rings. The molecule has 8 aromatic carbocycles. The molecule has 1 spiro atoms. The third kappa shape index (κ3) is 4.21. The van der Waals surface area contributed by atoms with Gasteiger partial charge in [0.05, 0.1) is 11.0 Å². The molecule has 0 bridgehead atoms. The minimum atomic E-state index is -0.566. The Morgan fingerprint density at radius 3 is 1.46 bits per heavy atom. The number of hydrogen-bond donors (Lipinski definition) is 0. The lowest BCUT2D eigenvalue weighted by atomic mass is 9.69. The number of rotatable bonds is 4. The number of benzene rings is 8. The van der Waals surface area contributed by atoms with E-state index in [4.69, 9.17) is 19.4 Å². The van der Waals surface area contributed by atoms with Crippen LogP contribution in [0.3, 0.4) is 0 Å². The maximum Gasteiger partial charge on any atom is 0.167 e. The minimum absolute atomic E-state index is 0.562. The van der Waals surface area contributed by atoms with Crippen LogP contribution in [0.4, 0.5) is 0 Å². The highest BCUT2D eigenvalue weighted by molar-refractivity contribution is 6.09. The highest BCUT2D eigenvalue weighted by Crippen LogP contribution is 2.64. The topological polar surface area (TPSA) is 51.8 Å². The predicted octanol–water partition coefficient (Wildman–Crippen LogP) is 12.8. The molecule has 0 radical (unpaired) electrons. The van der Waals surface area contributed by atoms with Crippen molar-refractivity contribution in [2.75, 3.05) is 0 Å². The third-order valence-electron chi connectivity index (χ3n) is 11.8. The molecule has 0 fully saturated rings. The number of aromatic nitrogens is 3. The summed E-state index contributed by atoms with van der Waals surface area (Å²) in [5.74, 6) is 1.78. The Morgan fingerprint density at radius 2 is 0.768 bits per heavy atom. The molecular formula is C52H31N3O. The fourth-order valence-corrected chi connectivity index (χ4v) is 9.55. The van der Waals surface area contributed by atoms with Gasteiger partial charge in [0, 0.05) is 21.9 Å². The third-order valence-corrected chi connectivity index (χ3v) is 11.8. The van der Waals surface area contributed by atoms with E-state index >= 15 is 0 Å². The summed E-state index contributed by atoms with van der Waals surface area (Å²) in [7, 11) is 0. The second-order valence-corrected chi connectivity index (χ2v) is 14.6. The van der Waals surface area contributed by atoms with E-state index in [9.17, 15) is 0 Å². The molecule has 4 heteroatoms. The molecule has 0 atom stereocenters. The largest absolute Gasteiger partial charge is 0.455 e. The number of fused-ring (bicyclic) bond motifs is 13. The summed E-state index contributed by atoms with van der Waals surface area (Å²) in [4.78, 5) is 16.2. The van der Waals surface area contributed by atoms with Crippen molar-refractivity contribution in [2.45, 2.75) is 5.41 Å². The van der Waals surface area contributed by atoms with Crippen LogP contribution in [0.2, 0.25) is 0 Å². The van der Waals surface area contributed by atoms with Crippen LogP contribution in [-0.4, -0.2) is 15.0 Å². The van der Waals surface area contributed by atoms with Crippen molar-refractivity contribution < 1.29 is 4.42 Å². The van der Waals surface area contributed by atoms with Crippen molar-refractivity contribution in [3.05, 3.63) is 210 Å². The maximum absolute atomic E-state index is 6.59. The molecule has 0 unspecified atom stereocenters. The molecule has 12 rings (SSSR count). The zero-order chi connectivity index (χ0) is 36.8. The van der Waals surface area contributed by atoms with Gasteiger partial charge in [0.15, 0.2) is 17.5 Å². The van der Waals surface area contributed by atoms with Gasteiger partial charge in [0.2, 0.25) is 0 Å². The highest BCUT2D eigenvalue weighted by Gasteiger charge is 2.52. The Balaban J connectivity index is 1.19. The number of hydrogen-bond acceptors (Lipinski definition) is 4. The summed E-state index contributed by atoms with van der Waals surface area (Å²) < 4.78 is 6.59. The lowest BCUT2D eigenvalue weighted by molar-refractivity contribution is 0.669.